The number of imide groups is 1. The van der Waals surface area contributed by atoms with E-state index in [1.165, 1.54) is 24.3 Å². The van der Waals surface area contributed by atoms with Gasteiger partial charge in [-0.05, 0) is 73.0 Å². The topological polar surface area (TPSA) is 49.4 Å². The van der Waals surface area contributed by atoms with E-state index in [4.69, 9.17) is 11.6 Å². The molecule has 1 heterocycles. The van der Waals surface area contributed by atoms with Gasteiger partial charge in [-0.2, -0.15) is 0 Å². The Morgan fingerprint density at radius 3 is 2.30 bits per heavy atom. The fourth-order valence-corrected chi connectivity index (χ4v) is 3.66. The van der Waals surface area contributed by atoms with Gasteiger partial charge >= 0.3 is 0 Å². The van der Waals surface area contributed by atoms with Gasteiger partial charge in [0.1, 0.15) is 11.5 Å². The van der Waals surface area contributed by atoms with Gasteiger partial charge in [0.05, 0.1) is 11.3 Å². The monoisotopic (exact) mass is 420 g/mol. The lowest BCUT2D eigenvalue weighted by atomic mass is 10.0. The normalized spacial score (nSPS) is 13.9. The van der Waals surface area contributed by atoms with Crippen LogP contribution in [0.1, 0.15) is 16.7 Å². The maximum Gasteiger partial charge on any atom is 0.282 e. The van der Waals surface area contributed by atoms with E-state index in [1.807, 2.05) is 19.9 Å². The predicted molar refractivity (Wildman–Crippen MR) is 117 cm³/mol. The van der Waals surface area contributed by atoms with Crippen molar-refractivity contribution in [1.82, 2.24) is 0 Å². The molecule has 4 nitrogen and oxygen atoms in total. The summed E-state index contributed by atoms with van der Waals surface area (Å²) in [5.41, 5.74) is 3.66. The Morgan fingerprint density at radius 1 is 0.900 bits per heavy atom. The fraction of sp³-hybridized carbons (Fsp3) is 0.0833. The first-order valence-electron chi connectivity index (χ1n) is 9.34. The minimum Gasteiger partial charge on any atom is -0.350 e. The number of aryl methyl sites for hydroxylation is 2. The lowest BCUT2D eigenvalue weighted by Gasteiger charge is -2.16. The second kappa shape index (κ2) is 7.76. The van der Waals surface area contributed by atoms with Crippen LogP contribution in [0.25, 0.3) is 5.57 Å². The molecule has 3 aromatic carbocycles. The zero-order valence-electron chi connectivity index (χ0n) is 16.4. The molecule has 0 saturated carbocycles. The van der Waals surface area contributed by atoms with Crippen LogP contribution in [-0.4, -0.2) is 11.8 Å². The molecule has 30 heavy (non-hydrogen) atoms. The van der Waals surface area contributed by atoms with Crippen LogP contribution in [0, 0.1) is 19.7 Å². The van der Waals surface area contributed by atoms with E-state index in [9.17, 15) is 14.0 Å². The maximum absolute atomic E-state index is 13.5. The smallest absolute Gasteiger partial charge is 0.282 e. The van der Waals surface area contributed by atoms with Gasteiger partial charge in [0.2, 0.25) is 0 Å². The second-order valence-electron chi connectivity index (χ2n) is 7.13. The number of hydrogen-bond donors (Lipinski definition) is 1. The van der Waals surface area contributed by atoms with E-state index in [-0.39, 0.29) is 11.3 Å². The van der Waals surface area contributed by atoms with Gasteiger partial charge in [0.25, 0.3) is 11.8 Å². The zero-order chi connectivity index (χ0) is 21.4. The van der Waals surface area contributed by atoms with Gasteiger partial charge in [0.15, 0.2) is 0 Å². The minimum absolute atomic E-state index is 0.138. The number of amides is 2. The van der Waals surface area contributed by atoms with E-state index < -0.39 is 17.6 Å². The molecule has 0 bridgehead atoms. The Hall–Kier alpha value is -3.44. The molecule has 3 aromatic rings. The van der Waals surface area contributed by atoms with Crippen LogP contribution < -0.4 is 10.2 Å². The molecule has 0 unspecified atom stereocenters. The van der Waals surface area contributed by atoms with Crippen LogP contribution in [0.15, 0.2) is 72.4 Å². The van der Waals surface area contributed by atoms with Crippen LogP contribution in [0.5, 0.6) is 0 Å². The molecule has 0 atom stereocenters. The van der Waals surface area contributed by atoms with E-state index in [1.54, 1.807) is 36.4 Å². The molecule has 4 rings (SSSR count). The van der Waals surface area contributed by atoms with Crippen molar-refractivity contribution in [2.45, 2.75) is 13.8 Å². The molecular formula is C24H18ClFN2O2. The Balaban J connectivity index is 1.84. The molecule has 1 aliphatic rings. The molecule has 0 aromatic heterocycles. The highest BCUT2D eigenvalue weighted by Gasteiger charge is 2.40. The van der Waals surface area contributed by atoms with Crippen molar-refractivity contribution in [2.24, 2.45) is 0 Å². The van der Waals surface area contributed by atoms with E-state index in [2.05, 4.69) is 5.32 Å². The number of nitrogens with one attached hydrogen (secondary N) is 1. The molecule has 0 fully saturated rings. The Morgan fingerprint density at radius 2 is 1.63 bits per heavy atom. The average Bonchev–Trinajstić information content (AvgIpc) is 2.94. The molecular weight excluding hydrogens is 403 g/mol. The molecule has 0 saturated heterocycles. The lowest BCUT2D eigenvalue weighted by molar-refractivity contribution is -0.120. The van der Waals surface area contributed by atoms with Gasteiger partial charge in [-0.25, -0.2) is 9.29 Å². The zero-order valence-corrected chi connectivity index (χ0v) is 17.1. The number of anilines is 2. The van der Waals surface area contributed by atoms with Crippen molar-refractivity contribution in [2.75, 3.05) is 10.2 Å². The summed E-state index contributed by atoms with van der Waals surface area (Å²) in [5.74, 6) is -1.36. The van der Waals surface area contributed by atoms with E-state index >= 15 is 0 Å². The summed E-state index contributed by atoms with van der Waals surface area (Å²) in [4.78, 5) is 27.8. The molecule has 1 aliphatic heterocycles. The van der Waals surface area contributed by atoms with Crippen LogP contribution in [0.3, 0.4) is 0 Å². The van der Waals surface area contributed by atoms with Crippen LogP contribution in [-0.2, 0) is 9.59 Å². The van der Waals surface area contributed by atoms with Gasteiger partial charge in [-0.1, -0.05) is 35.9 Å². The van der Waals surface area contributed by atoms with Crippen LogP contribution in [0.4, 0.5) is 15.8 Å². The maximum atomic E-state index is 13.5. The molecule has 1 N–H and O–H groups in total. The lowest BCUT2D eigenvalue weighted by Crippen LogP contribution is -2.32. The Bertz CT molecular complexity index is 1200. The third-order valence-electron chi connectivity index (χ3n) is 4.92. The minimum atomic E-state index is -0.473. The number of carbonyl (C=O) groups excluding carboxylic acids is 2. The first-order chi connectivity index (χ1) is 14.3. The fourth-order valence-electron chi connectivity index (χ4n) is 3.43. The van der Waals surface area contributed by atoms with E-state index in [0.29, 0.717) is 22.0 Å². The Kier molecular flexibility index (Phi) is 5.14. The van der Waals surface area contributed by atoms with Crippen molar-refractivity contribution in [3.63, 3.8) is 0 Å². The summed E-state index contributed by atoms with van der Waals surface area (Å²) in [7, 11) is 0. The highest BCUT2D eigenvalue weighted by molar-refractivity contribution is 6.46. The Labute approximate surface area is 178 Å². The molecule has 0 aliphatic carbocycles. The van der Waals surface area contributed by atoms with Gasteiger partial charge in [0, 0.05) is 10.7 Å². The first kappa shape index (κ1) is 19.9. The number of hydrogen-bond acceptors (Lipinski definition) is 3. The molecule has 0 radical (unpaired) electrons. The van der Waals surface area contributed by atoms with Crippen LogP contribution >= 0.6 is 11.6 Å². The van der Waals surface area contributed by atoms with Crippen molar-refractivity contribution in [1.29, 1.82) is 0 Å². The summed E-state index contributed by atoms with van der Waals surface area (Å²) in [6, 6.07) is 17.9. The number of benzene rings is 3. The summed E-state index contributed by atoms with van der Waals surface area (Å²) < 4.78 is 13.5. The third-order valence-corrected chi connectivity index (χ3v) is 5.16. The summed E-state index contributed by atoms with van der Waals surface area (Å²) in [5, 5.41) is 3.68. The first-order valence-corrected chi connectivity index (χ1v) is 9.72. The summed E-state index contributed by atoms with van der Waals surface area (Å²) in [6.45, 7) is 3.74. The largest absolute Gasteiger partial charge is 0.350 e. The quantitative estimate of drug-likeness (QED) is 0.567. The number of rotatable bonds is 4. The standard InChI is InChI=1S/C24H18ClFN2O2/c1-14-4-3-5-19(12-14)28-23(29)21(16-6-9-18(26)10-7-16)22(24(28)30)27-20-11-8-17(25)13-15(20)2/h3-13,27H,1-2H3. The number of carbonyl (C=O) groups is 2. The third kappa shape index (κ3) is 3.60. The summed E-state index contributed by atoms with van der Waals surface area (Å²) >= 11 is 6.04. The molecule has 0 spiro atoms. The van der Waals surface area contributed by atoms with E-state index in [0.717, 1.165) is 16.0 Å². The van der Waals surface area contributed by atoms with Gasteiger partial charge < -0.3 is 5.32 Å². The molecule has 150 valence electrons. The van der Waals surface area contributed by atoms with Crippen molar-refractivity contribution in [3.05, 3.63) is 100.0 Å². The average molecular weight is 421 g/mol. The van der Waals surface area contributed by atoms with Crippen molar-refractivity contribution in [3.8, 4) is 0 Å². The van der Waals surface area contributed by atoms with Crippen LogP contribution in [0.2, 0.25) is 5.02 Å². The highest BCUT2D eigenvalue weighted by Crippen LogP contribution is 2.34. The van der Waals surface area contributed by atoms with Crippen molar-refractivity contribution < 1.29 is 14.0 Å². The van der Waals surface area contributed by atoms with Gasteiger partial charge in [-0.15, -0.1) is 0 Å². The number of nitrogens with zero attached hydrogens (tertiary/aromatic N) is 1. The van der Waals surface area contributed by atoms with Crippen molar-refractivity contribution >= 4 is 40.4 Å². The highest BCUT2D eigenvalue weighted by atomic mass is 35.5. The molecule has 2 amide bonds. The summed E-state index contributed by atoms with van der Waals surface area (Å²) in [6.07, 6.45) is 0. The second-order valence-corrected chi connectivity index (χ2v) is 7.56. The molecule has 6 heteroatoms. The number of halogens is 2. The van der Waals surface area contributed by atoms with Gasteiger partial charge in [-0.3, -0.25) is 9.59 Å². The SMILES string of the molecule is Cc1cccc(N2C(=O)C(Nc3ccc(Cl)cc3C)=C(c3ccc(F)cc3)C2=O)c1. The predicted octanol–water partition coefficient (Wildman–Crippen LogP) is 5.49.